The van der Waals surface area contributed by atoms with Crippen molar-refractivity contribution in [2.24, 2.45) is 17.3 Å². The number of hydrogen-bond acceptors (Lipinski definition) is 4. The number of hydrogen-bond donors (Lipinski definition) is 0. The zero-order valence-corrected chi connectivity index (χ0v) is 13.6. The Labute approximate surface area is 122 Å². The average molecular weight is 284 g/mol. The van der Waals surface area contributed by atoms with Crippen molar-refractivity contribution in [1.82, 2.24) is 0 Å². The van der Waals surface area contributed by atoms with E-state index in [1.54, 1.807) is 0 Å². The predicted octanol–water partition coefficient (Wildman–Crippen LogP) is 3.68. The first kappa shape index (κ1) is 17.0. The summed E-state index contributed by atoms with van der Waals surface area (Å²) in [5.74, 6) is -1.23. The van der Waals surface area contributed by atoms with E-state index in [9.17, 15) is 9.59 Å². The molecule has 4 nitrogen and oxygen atoms in total. The highest BCUT2D eigenvalue weighted by Gasteiger charge is 2.50. The quantitative estimate of drug-likeness (QED) is 0.586. The molecule has 0 radical (unpaired) electrons. The van der Waals surface area contributed by atoms with Crippen LogP contribution in [0.4, 0.5) is 0 Å². The summed E-state index contributed by atoms with van der Waals surface area (Å²) in [6.07, 6.45) is 3.24. The summed E-state index contributed by atoms with van der Waals surface area (Å²) in [6, 6.07) is 0. The van der Waals surface area contributed by atoms with Crippen molar-refractivity contribution in [3.63, 3.8) is 0 Å². The highest BCUT2D eigenvalue weighted by atomic mass is 16.7. The third kappa shape index (κ3) is 3.97. The van der Waals surface area contributed by atoms with Gasteiger partial charge in [0.25, 0.3) is 5.79 Å². The zero-order chi connectivity index (χ0) is 15.6. The van der Waals surface area contributed by atoms with Gasteiger partial charge in [-0.25, -0.2) is 0 Å². The topological polar surface area (TPSA) is 52.6 Å². The molecule has 0 amide bonds. The van der Waals surface area contributed by atoms with Gasteiger partial charge in [0.1, 0.15) is 0 Å². The standard InChI is InChI=1S/C16H28O4/c1-7-13-10-14(15(4,5)6)8-9-16(13,19-11(2)17)20-12(3)18/h13-14H,7-10H2,1-6H3. The largest absolute Gasteiger partial charge is 0.422 e. The maximum Gasteiger partial charge on any atom is 0.305 e. The van der Waals surface area contributed by atoms with E-state index in [0.717, 1.165) is 19.3 Å². The van der Waals surface area contributed by atoms with Gasteiger partial charge in [-0.3, -0.25) is 9.59 Å². The van der Waals surface area contributed by atoms with Crippen molar-refractivity contribution in [2.45, 2.75) is 73.0 Å². The van der Waals surface area contributed by atoms with E-state index in [-0.39, 0.29) is 23.3 Å². The second-order valence-corrected chi connectivity index (χ2v) is 6.94. The number of rotatable bonds is 3. The Bertz CT molecular complexity index is 351. The fourth-order valence-corrected chi connectivity index (χ4v) is 3.26. The Morgan fingerprint density at radius 3 is 2.00 bits per heavy atom. The fourth-order valence-electron chi connectivity index (χ4n) is 3.26. The highest BCUT2D eigenvalue weighted by Crippen LogP contribution is 2.47. The summed E-state index contributed by atoms with van der Waals surface area (Å²) in [5.41, 5.74) is 0.214. The van der Waals surface area contributed by atoms with Gasteiger partial charge in [-0.1, -0.05) is 27.7 Å². The first-order chi connectivity index (χ1) is 9.10. The monoisotopic (exact) mass is 284 g/mol. The maximum atomic E-state index is 11.4. The molecule has 0 bridgehead atoms. The van der Waals surface area contributed by atoms with Crippen LogP contribution in [0.5, 0.6) is 0 Å². The Balaban J connectivity index is 2.99. The lowest BCUT2D eigenvalue weighted by atomic mass is 9.66. The molecule has 0 saturated heterocycles. The van der Waals surface area contributed by atoms with E-state index in [2.05, 4.69) is 27.7 Å². The van der Waals surface area contributed by atoms with Crippen LogP contribution in [0, 0.1) is 17.3 Å². The molecule has 0 aliphatic heterocycles. The number of esters is 2. The van der Waals surface area contributed by atoms with Crippen molar-refractivity contribution in [3.8, 4) is 0 Å². The van der Waals surface area contributed by atoms with Crippen LogP contribution in [0.3, 0.4) is 0 Å². The van der Waals surface area contributed by atoms with Crippen LogP contribution in [-0.2, 0) is 19.1 Å². The van der Waals surface area contributed by atoms with Crippen molar-refractivity contribution in [3.05, 3.63) is 0 Å². The average Bonchev–Trinajstić information content (AvgIpc) is 2.25. The molecule has 2 atom stereocenters. The molecule has 0 aromatic carbocycles. The molecule has 1 rings (SSSR count). The smallest absolute Gasteiger partial charge is 0.305 e. The van der Waals surface area contributed by atoms with Crippen molar-refractivity contribution >= 4 is 11.9 Å². The van der Waals surface area contributed by atoms with Gasteiger partial charge in [0, 0.05) is 26.2 Å². The lowest BCUT2D eigenvalue weighted by molar-refractivity contribution is -0.262. The summed E-state index contributed by atoms with van der Waals surface area (Å²) in [5, 5.41) is 0. The van der Waals surface area contributed by atoms with Gasteiger partial charge in [-0.2, -0.15) is 0 Å². The summed E-state index contributed by atoms with van der Waals surface area (Å²) < 4.78 is 10.9. The third-order valence-corrected chi connectivity index (χ3v) is 4.38. The van der Waals surface area contributed by atoms with E-state index in [1.807, 2.05) is 0 Å². The Morgan fingerprint density at radius 2 is 1.65 bits per heavy atom. The van der Waals surface area contributed by atoms with E-state index in [4.69, 9.17) is 9.47 Å². The molecule has 0 spiro atoms. The molecular formula is C16H28O4. The molecule has 20 heavy (non-hydrogen) atoms. The van der Waals surface area contributed by atoms with E-state index < -0.39 is 5.79 Å². The molecule has 0 N–H and O–H groups in total. The minimum absolute atomic E-state index is 0.0632. The molecule has 1 fully saturated rings. The van der Waals surface area contributed by atoms with Gasteiger partial charge in [-0.15, -0.1) is 0 Å². The minimum Gasteiger partial charge on any atom is -0.422 e. The molecule has 116 valence electrons. The fraction of sp³-hybridized carbons (Fsp3) is 0.875. The predicted molar refractivity (Wildman–Crippen MR) is 76.8 cm³/mol. The van der Waals surface area contributed by atoms with Crippen molar-refractivity contribution in [2.75, 3.05) is 0 Å². The Hall–Kier alpha value is -1.06. The molecular weight excluding hydrogens is 256 g/mol. The summed E-state index contributed by atoms with van der Waals surface area (Å²) >= 11 is 0. The molecule has 0 heterocycles. The Kier molecular flexibility index (Phi) is 5.22. The molecule has 2 unspecified atom stereocenters. The third-order valence-electron chi connectivity index (χ3n) is 4.38. The number of ether oxygens (including phenoxy) is 2. The van der Waals surface area contributed by atoms with Crippen LogP contribution >= 0.6 is 0 Å². The lowest BCUT2D eigenvalue weighted by Crippen LogP contribution is -2.50. The molecule has 1 aliphatic carbocycles. The first-order valence-corrected chi connectivity index (χ1v) is 7.50. The molecule has 4 heteroatoms. The summed E-state index contributed by atoms with van der Waals surface area (Å²) in [4.78, 5) is 22.9. The van der Waals surface area contributed by atoms with Crippen molar-refractivity contribution < 1.29 is 19.1 Å². The highest BCUT2D eigenvalue weighted by molar-refractivity contribution is 5.69. The second-order valence-electron chi connectivity index (χ2n) is 6.94. The van der Waals surface area contributed by atoms with Gasteiger partial charge < -0.3 is 9.47 Å². The van der Waals surface area contributed by atoms with E-state index in [0.29, 0.717) is 12.3 Å². The van der Waals surface area contributed by atoms with Crippen molar-refractivity contribution in [1.29, 1.82) is 0 Å². The minimum atomic E-state index is -1.06. The SMILES string of the molecule is CCC1CC(C(C)(C)C)CCC1(OC(C)=O)OC(C)=O. The molecule has 1 aliphatic rings. The van der Waals surface area contributed by atoms with Crippen LogP contribution < -0.4 is 0 Å². The maximum absolute atomic E-state index is 11.4. The van der Waals surface area contributed by atoms with Gasteiger partial charge in [-0.05, 0) is 30.6 Å². The molecule has 0 aromatic heterocycles. The number of carbonyl (C=O) groups is 2. The molecule has 1 saturated carbocycles. The second kappa shape index (κ2) is 6.15. The first-order valence-electron chi connectivity index (χ1n) is 7.50. The van der Waals surface area contributed by atoms with Crippen LogP contribution in [0.1, 0.15) is 67.2 Å². The summed E-state index contributed by atoms with van der Waals surface area (Å²) in [6.45, 7) is 11.5. The van der Waals surface area contributed by atoms with Crippen LogP contribution in [0.25, 0.3) is 0 Å². The van der Waals surface area contributed by atoms with Gasteiger partial charge >= 0.3 is 11.9 Å². The Morgan fingerprint density at radius 1 is 1.15 bits per heavy atom. The normalized spacial score (nSPS) is 25.9. The van der Waals surface area contributed by atoms with Gasteiger partial charge in [0.2, 0.25) is 0 Å². The van der Waals surface area contributed by atoms with Crippen LogP contribution in [0.2, 0.25) is 0 Å². The van der Waals surface area contributed by atoms with Crippen LogP contribution in [0.15, 0.2) is 0 Å². The van der Waals surface area contributed by atoms with E-state index >= 15 is 0 Å². The van der Waals surface area contributed by atoms with Gasteiger partial charge in [0.05, 0.1) is 0 Å². The molecule has 0 aromatic rings. The number of carbonyl (C=O) groups excluding carboxylic acids is 2. The summed E-state index contributed by atoms with van der Waals surface area (Å²) in [7, 11) is 0. The van der Waals surface area contributed by atoms with E-state index in [1.165, 1.54) is 13.8 Å². The zero-order valence-electron chi connectivity index (χ0n) is 13.6. The van der Waals surface area contributed by atoms with Gasteiger partial charge in [0.15, 0.2) is 0 Å². The lowest BCUT2D eigenvalue weighted by Gasteiger charge is -2.47. The van der Waals surface area contributed by atoms with Crippen LogP contribution in [-0.4, -0.2) is 17.7 Å².